The smallest absolute Gasteiger partial charge is 0.163 e. The van der Waals surface area contributed by atoms with Gasteiger partial charge in [0, 0.05) is 12.1 Å². The van der Waals surface area contributed by atoms with Crippen LogP contribution in [0.4, 0.5) is 4.39 Å². The van der Waals surface area contributed by atoms with Crippen molar-refractivity contribution in [2.45, 2.75) is 32.4 Å². The molecule has 0 aliphatic rings. The zero-order valence-corrected chi connectivity index (χ0v) is 11.9. The lowest BCUT2D eigenvalue weighted by Gasteiger charge is -2.29. The van der Waals surface area contributed by atoms with Gasteiger partial charge in [0.2, 0.25) is 0 Å². The largest absolute Gasteiger partial charge is 0.493 e. The average molecular weight is 278 g/mol. The summed E-state index contributed by atoms with van der Waals surface area (Å²) >= 11 is 0. The van der Waals surface area contributed by atoms with Crippen LogP contribution in [0.3, 0.4) is 0 Å². The van der Waals surface area contributed by atoms with Gasteiger partial charge in [-0.25, -0.2) is 4.39 Å². The lowest BCUT2D eigenvalue weighted by molar-refractivity contribution is 0.0601. The predicted molar refractivity (Wildman–Crippen MR) is 74.1 cm³/mol. The number of aromatic nitrogens is 2. The number of hydrogen-bond donors (Lipinski definition) is 1. The molecule has 1 N–H and O–H groups in total. The van der Waals surface area contributed by atoms with Crippen LogP contribution in [-0.2, 0) is 12.1 Å². The monoisotopic (exact) mass is 278 g/mol. The van der Waals surface area contributed by atoms with E-state index in [0.29, 0.717) is 24.4 Å². The molecule has 0 spiro atoms. The van der Waals surface area contributed by atoms with Crippen molar-refractivity contribution >= 4 is 0 Å². The third-order valence-electron chi connectivity index (χ3n) is 3.55. The lowest BCUT2D eigenvalue weighted by atomic mass is 9.87. The van der Waals surface area contributed by atoms with Gasteiger partial charge in [0.15, 0.2) is 5.75 Å². The topological polar surface area (TPSA) is 47.3 Å². The van der Waals surface area contributed by atoms with Crippen LogP contribution in [0.2, 0.25) is 0 Å². The normalized spacial score (nSPS) is 14.1. The molecule has 2 aromatic rings. The fourth-order valence-electron chi connectivity index (χ4n) is 2.46. The molecule has 5 heteroatoms. The molecule has 1 atom stereocenters. The molecule has 0 amide bonds. The van der Waals surface area contributed by atoms with Crippen molar-refractivity contribution in [2.24, 2.45) is 0 Å². The first-order chi connectivity index (χ1) is 9.58. The molecule has 1 unspecified atom stereocenters. The van der Waals surface area contributed by atoms with Crippen molar-refractivity contribution in [1.82, 2.24) is 9.78 Å². The Morgan fingerprint density at radius 1 is 1.35 bits per heavy atom. The van der Waals surface area contributed by atoms with Crippen molar-refractivity contribution in [3.63, 3.8) is 0 Å². The molecule has 1 aromatic heterocycles. The molecule has 4 nitrogen and oxygen atoms in total. The molecule has 0 saturated heterocycles. The quantitative estimate of drug-likeness (QED) is 0.914. The minimum Gasteiger partial charge on any atom is -0.493 e. The SMILES string of the molecule is CCn1ncc(OC)c1C(O)(CC)c1ccccc1F. The number of ether oxygens (including phenoxy) is 1. The highest BCUT2D eigenvalue weighted by molar-refractivity contribution is 5.40. The number of nitrogens with zero attached hydrogens (tertiary/aromatic N) is 2. The molecule has 2 rings (SSSR count). The molecular weight excluding hydrogens is 259 g/mol. The summed E-state index contributed by atoms with van der Waals surface area (Å²) in [5, 5.41) is 15.3. The molecule has 0 bridgehead atoms. The van der Waals surface area contributed by atoms with Crippen molar-refractivity contribution in [1.29, 1.82) is 0 Å². The van der Waals surface area contributed by atoms with Crippen LogP contribution in [0.25, 0.3) is 0 Å². The third kappa shape index (κ3) is 2.18. The van der Waals surface area contributed by atoms with Gasteiger partial charge in [0.25, 0.3) is 0 Å². The number of halogens is 1. The second kappa shape index (κ2) is 5.63. The molecule has 0 fully saturated rings. The van der Waals surface area contributed by atoms with Gasteiger partial charge in [-0.15, -0.1) is 0 Å². The highest BCUT2D eigenvalue weighted by Gasteiger charge is 2.38. The standard InChI is InChI=1S/C15H19FN2O2/c1-4-15(19,11-8-6-7-9-12(11)16)14-13(20-3)10-17-18(14)5-2/h6-10,19H,4-5H2,1-3H3. The summed E-state index contributed by atoms with van der Waals surface area (Å²) in [5.41, 5.74) is -0.755. The number of hydrogen-bond acceptors (Lipinski definition) is 3. The Bertz CT molecular complexity index is 576. The Morgan fingerprint density at radius 3 is 2.60 bits per heavy atom. The van der Waals surface area contributed by atoms with Crippen molar-refractivity contribution in [3.8, 4) is 5.75 Å². The highest BCUT2D eigenvalue weighted by Crippen LogP contribution is 2.39. The number of aryl methyl sites for hydroxylation is 1. The molecule has 0 aliphatic carbocycles. The zero-order valence-electron chi connectivity index (χ0n) is 11.9. The second-order valence-corrected chi connectivity index (χ2v) is 4.57. The maximum atomic E-state index is 14.1. The predicted octanol–water partition coefficient (Wildman–Crippen LogP) is 2.70. The summed E-state index contributed by atoms with van der Waals surface area (Å²) in [6.07, 6.45) is 1.86. The van der Waals surface area contributed by atoms with Gasteiger partial charge >= 0.3 is 0 Å². The van der Waals surface area contributed by atoms with E-state index in [2.05, 4.69) is 5.10 Å². The van der Waals surface area contributed by atoms with Crippen LogP contribution in [-0.4, -0.2) is 22.0 Å². The Kier molecular flexibility index (Phi) is 4.09. The minimum atomic E-state index is -1.47. The summed E-state index contributed by atoms with van der Waals surface area (Å²) in [6.45, 7) is 4.28. The van der Waals surface area contributed by atoms with Crippen LogP contribution >= 0.6 is 0 Å². The zero-order chi connectivity index (χ0) is 14.8. The van der Waals surface area contributed by atoms with E-state index in [0.717, 1.165) is 0 Å². The molecule has 20 heavy (non-hydrogen) atoms. The van der Waals surface area contributed by atoms with Gasteiger partial charge in [-0.1, -0.05) is 25.1 Å². The Morgan fingerprint density at radius 2 is 2.05 bits per heavy atom. The van der Waals surface area contributed by atoms with Crippen LogP contribution < -0.4 is 4.74 Å². The Hall–Kier alpha value is -1.88. The van der Waals surface area contributed by atoms with E-state index in [9.17, 15) is 9.50 Å². The molecule has 1 heterocycles. The molecule has 108 valence electrons. The average Bonchev–Trinajstić information content (AvgIpc) is 2.90. The first-order valence-corrected chi connectivity index (χ1v) is 6.66. The van der Waals surface area contributed by atoms with Crippen LogP contribution in [0.15, 0.2) is 30.5 Å². The van der Waals surface area contributed by atoms with Gasteiger partial charge in [-0.2, -0.15) is 5.10 Å². The van der Waals surface area contributed by atoms with Gasteiger partial charge in [-0.3, -0.25) is 4.68 Å². The summed E-state index contributed by atoms with van der Waals surface area (Å²) in [6, 6.07) is 6.24. The fraction of sp³-hybridized carbons (Fsp3) is 0.400. The summed E-state index contributed by atoms with van der Waals surface area (Å²) < 4.78 is 21.0. The summed E-state index contributed by atoms with van der Waals surface area (Å²) in [4.78, 5) is 0. The molecule has 1 aromatic carbocycles. The van der Waals surface area contributed by atoms with Crippen molar-refractivity contribution < 1.29 is 14.2 Å². The number of methoxy groups -OCH3 is 1. The van der Waals surface area contributed by atoms with Crippen LogP contribution in [0, 0.1) is 5.82 Å². The summed E-state index contributed by atoms with van der Waals surface area (Å²) in [7, 11) is 1.51. The van der Waals surface area contributed by atoms with E-state index in [1.807, 2.05) is 6.92 Å². The minimum absolute atomic E-state index is 0.232. The maximum absolute atomic E-state index is 14.1. The first-order valence-electron chi connectivity index (χ1n) is 6.66. The number of rotatable bonds is 5. The molecule has 0 radical (unpaired) electrons. The van der Waals surface area contributed by atoms with Gasteiger partial charge in [0.1, 0.15) is 17.1 Å². The second-order valence-electron chi connectivity index (χ2n) is 4.57. The lowest BCUT2D eigenvalue weighted by Crippen LogP contribution is -2.31. The third-order valence-corrected chi connectivity index (χ3v) is 3.55. The number of benzene rings is 1. The maximum Gasteiger partial charge on any atom is 0.163 e. The van der Waals surface area contributed by atoms with Crippen LogP contribution in [0.1, 0.15) is 31.5 Å². The van der Waals surface area contributed by atoms with E-state index in [1.54, 1.807) is 36.0 Å². The summed E-state index contributed by atoms with van der Waals surface area (Å²) in [5.74, 6) is 0.0159. The highest BCUT2D eigenvalue weighted by atomic mass is 19.1. The Labute approximate surface area is 117 Å². The van der Waals surface area contributed by atoms with Gasteiger partial charge in [-0.05, 0) is 19.4 Å². The number of aliphatic hydroxyl groups is 1. The van der Waals surface area contributed by atoms with E-state index < -0.39 is 11.4 Å². The van der Waals surface area contributed by atoms with Gasteiger partial charge in [0.05, 0.1) is 13.3 Å². The molecule has 0 aliphatic heterocycles. The molecule has 0 saturated carbocycles. The van der Waals surface area contributed by atoms with Crippen molar-refractivity contribution in [2.75, 3.05) is 7.11 Å². The van der Waals surface area contributed by atoms with E-state index in [4.69, 9.17) is 4.74 Å². The molecular formula is C15H19FN2O2. The van der Waals surface area contributed by atoms with E-state index in [1.165, 1.54) is 13.2 Å². The first kappa shape index (κ1) is 14.5. The van der Waals surface area contributed by atoms with Crippen molar-refractivity contribution in [3.05, 3.63) is 47.5 Å². The van der Waals surface area contributed by atoms with Gasteiger partial charge < -0.3 is 9.84 Å². The fourth-order valence-corrected chi connectivity index (χ4v) is 2.46. The van der Waals surface area contributed by atoms with E-state index >= 15 is 0 Å². The van der Waals surface area contributed by atoms with E-state index in [-0.39, 0.29) is 5.56 Å². The Balaban J connectivity index is 2.68. The van der Waals surface area contributed by atoms with Crippen LogP contribution in [0.5, 0.6) is 5.75 Å².